The number of benzene rings is 2. The van der Waals surface area contributed by atoms with Crippen LogP contribution in [-0.4, -0.2) is 0 Å². The topological polar surface area (TPSA) is 0 Å². The van der Waals surface area contributed by atoms with Crippen LogP contribution in [0.4, 0.5) is 0 Å². The summed E-state index contributed by atoms with van der Waals surface area (Å²) in [6.07, 6.45) is 11.7. The van der Waals surface area contributed by atoms with Gasteiger partial charge >= 0.3 is 157 Å². The maximum atomic E-state index is 2.40. The van der Waals surface area contributed by atoms with E-state index < -0.39 is 0 Å². The third kappa shape index (κ3) is 3.49. The first kappa shape index (κ1) is 16.4. The second kappa shape index (κ2) is 7.04. The molecule has 0 N–H and O–H groups in total. The molecule has 2 aromatic rings. The summed E-state index contributed by atoms with van der Waals surface area (Å²) in [6, 6.07) is 17.3. The summed E-state index contributed by atoms with van der Waals surface area (Å²) >= 11 is 1.10. The van der Waals surface area contributed by atoms with Crippen molar-refractivity contribution < 1.29 is 15.0 Å². The zero-order valence-electron chi connectivity index (χ0n) is 14.7. The molecule has 0 aliphatic heterocycles. The maximum absolute atomic E-state index is 2.40. The van der Waals surface area contributed by atoms with Gasteiger partial charge in [-0.3, -0.25) is 0 Å². The van der Waals surface area contributed by atoms with Gasteiger partial charge in [-0.05, 0) is 0 Å². The van der Waals surface area contributed by atoms with Crippen molar-refractivity contribution in [3.63, 3.8) is 0 Å². The Labute approximate surface area is 156 Å². The van der Waals surface area contributed by atoms with Gasteiger partial charge in [0.25, 0.3) is 0 Å². The quantitative estimate of drug-likeness (QED) is 0.547. The molecule has 0 unspecified atom stereocenters. The van der Waals surface area contributed by atoms with E-state index in [0.29, 0.717) is 0 Å². The van der Waals surface area contributed by atoms with E-state index in [1.54, 1.807) is 0 Å². The van der Waals surface area contributed by atoms with E-state index in [-0.39, 0.29) is 0 Å². The predicted octanol–water partition coefficient (Wildman–Crippen LogP) is 6.43. The molecule has 25 heavy (non-hydrogen) atoms. The van der Waals surface area contributed by atoms with Crippen molar-refractivity contribution in [2.24, 2.45) is 0 Å². The van der Waals surface area contributed by atoms with Crippen LogP contribution >= 0.6 is 0 Å². The predicted molar refractivity (Wildman–Crippen MR) is 104 cm³/mol. The van der Waals surface area contributed by atoms with E-state index in [0.717, 1.165) is 27.8 Å². The number of rotatable bonds is 4. The Morgan fingerprint density at radius 2 is 1.08 bits per heavy atom. The van der Waals surface area contributed by atoms with Gasteiger partial charge in [0.15, 0.2) is 0 Å². The summed E-state index contributed by atoms with van der Waals surface area (Å²) in [5.41, 5.74) is 8.23. The minimum atomic E-state index is 1.08. The van der Waals surface area contributed by atoms with Crippen molar-refractivity contribution in [1.29, 1.82) is 0 Å². The normalized spacial score (nSPS) is 16.6. The molecule has 4 rings (SSSR count). The monoisotopic (exact) mass is 366 g/mol. The molecule has 0 radical (unpaired) electrons. The number of hydrogen-bond donors (Lipinski definition) is 0. The van der Waals surface area contributed by atoms with Gasteiger partial charge in [0, 0.05) is 0 Å². The zero-order valence-corrected chi connectivity index (χ0v) is 15.8. The Kier molecular flexibility index (Phi) is 4.61. The van der Waals surface area contributed by atoms with E-state index in [9.17, 15) is 0 Å². The van der Waals surface area contributed by atoms with Crippen molar-refractivity contribution in [3.8, 4) is 0 Å². The molecule has 1 heteroatoms. The fourth-order valence-corrected chi connectivity index (χ4v) is 4.82. The molecular weight excluding hydrogens is 344 g/mol. The van der Waals surface area contributed by atoms with Crippen LogP contribution in [0.3, 0.4) is 0 Å². The summed E-state index contributed by atoms with van der Waals surface area (Å²) < 4.78 is 3.06. The van der Waals surface area contributed by atoms with E-state index in [4.69, 9.17) is 0 Å². The van der Waals surface area contributed by atoms with Crippen LogP contribution in [0.2, 0.25) is 0 Å². The van der Waals surface area contributed by atoms with Gasteiger partial charge in [-0.1, -0.05) is 0 Å². The first-order valence-electron chi connectivity index (χ1n) is 8.76. The molecule has 2 aliphatic carbocycles. The SMILES string of the molecule is Cc1ccccc1C1=CC[C]([Fe][C]2=CC(c3ccccc3C)=CC2)=C1. The molecule has 2 aliphatic rings. The third-order valence-electron chi connectivity index (χ3n) is 4.78. The van der Waals surface area contributed by atoms with Crippen LogP contribution in [0.15, 0.2) is 81.8 Å². The van der Waals surface area contributed by atoms with E-state index in [1.807, 2.05) is 0 Å². The van der Waals surface area contributed by atoms with E-state index >= 15 is 0 Å². The molecule has 0 spiro atoms. The average Bonchev–Trinajstić information content (AvgIpc) is 3.26. The molecule has 0 bridgehead atoms. The Balaban J connectivity index is 1.48. The van der Waals surface area contributed by atoms with E-state index in [1.165, 1.54) is 42.3 Å². The minimum absolute atomic E-state index is 1.08. The van der Waals surface area contributed by atoms with Crippen molar-refractivity contribution in [3.05, 3.63) is 104 Å². The van der Waals surface area contributed by atoms with Crippen LogP contribution in [0.25, 0.3) is 11.1 Å². The molecule has 2 aromatic carbocycles. The standard InChI is InChI=1S/2C12H11.Fe/c2*1-10-6-2-5-9-12(10)11-7-3-4-8-11;/h2*2,5-9H,3H2,1H3;. The van der Waals surface area contributed by atoms with Gasteiger partial charge in [-0.25, -0.2) is 0 Å². The number of allylic oxidation sites excluding steroid dienone is 8. The van der Waals surface area contributed by atoms with Gasteiger partial charge in [0.1, 0.15) is 0 Å². The van der Waals surface area contributed by atoms with Crippen LogP contribution < -0.4 is 0 Å². The zero-order chi connectivity index (χ0) is 17.2. The molecule has 0 aromatic heterocycles. The Morgan fingerprint density at radius 3 is 1.52 bits per heavy atom. The number of hydrogen-bond acceptors (Lipinski definition) is 0. The van der Waals surface area contributed by atoms with Gasteiger partial charge in [0.2, 0.25) is 0 Å². The Morgan fingerprint density at radius 1 is 0.640 bits per heavy atom. The Bertz CT molecular complexity index is 861. The second-order valence-electron chi connectivity index (χ2n) is 6.60. The summed E-state index contributed by atoms with van der Waals surface area (Å²) in [5.74, 6) is 0. The van der Waals surface area contributed by atoms with Crippen molar-refractivity contribution >= 4 is 11.1 Å². The average molecular weight is 366 g/mol. The summed E-state index contributed by atoms with van der Waals surface area (Å²) in [5, 5.41) is 0. The van der Waals surface area contributed by atoms with Crippen LogP contribution in [-0.2, 0) is 15.0 Å². The molecule has 0 saturated carbocycles. The van der Waals surface area contributed by atoms with Crippen LogP contribution in [0.5, 0.6) is 0 Å². The molecule has 126 valence electrons. The van der Waals surface area contributed by atoms with Gasteiger partial charge < -0.3 is 0 Å². The first-order valence-corrected chi connectivity index (χ1v) is 9.87. The van der Waals surface area contributed by atoms with Gasteiger partial charge in [-0.2, -0.15) is 0 Å². The summed E-state index contributed by atoms with van der Waals surface area (Å²) in [6.45, 7) is 4.39. The third-order valence-corrected chi connectivity index (χ3v) is 6.26. The molecule has 0 heterocycles. The fraction of sp³-hybridized carbons (Fsp3) is 0.167. The summed E-state index contributed by atoms with van der Waals surface area (Å²) in [4.78, 5) is 0. The Hall–Kier alpha value is -2.08. The summed E-state index contributed by atoms with van der Waals surface area (Å²) in [7, 11) is 0. The molecule has 0 nitrogen and oxygen atoms in total. The molecule has 0 amide bonds. The van der Waals surface area contributed by atoms with Crippen molar-refractivity contribution in [1.82, 2.24) is 0 Å². The molecular formula is C24H22Fe. The first-order chi connectivity index (χ1) is 12.2. The fourth-order valence-electron chi connectivity index (χ4n) is 3.41. The van der Waals surface area contributed by atoms with E-state index in [2.05, 4.69) is 86.7 Å². The van der Waals surface area contributed by atoms with Gasteiger partial charge in [-0.15, -0.1) is 0 Å². The molecule has 0 saturated heterocycles. The van der Waals surface area contributed by atoms with Crippen molar-refractivity contribution in [2.75, 3.05) is 0 Å². The second-order valence-corrected chi connectivity index (χ2v) is 8.29. The molecule has 0 fully saturated rings. The number of aryl methyl sites for hydroxylation is 2. The molecule has 0 atom stereocenters. The van der Waals surface area contributed by atoms with Crippen molar-refractivity contribution in [2.45, 2.75) is 26.7 Å². The van der Waals surface area contributed by atoms with Crippen LogP contribution in [0.1, 0.15) is 35.1 Å². The van der Waals surface area contributed by atoms with Gasteiger partial charge in [0.05, 0.1) is 0 Å². The van der Waals surface area contributed by atoms with Crippen LogP contribution in [0, 0.1) is 13.8 Å².